The minimum absolute atomic E-state index is 0.135. The van der Waals surface area contributed by atoms with Gasteiger partial charge >= 0.3 is 0 Å². The second kappa shape index (κ2) is 8.97. The van der Waals surface area contributed by atoms with Crippen LogP contribution in [-0.2, 0) is 0 Å². The number of nitrogens with two attached hydrogens (primary N) is 1. The van der Waals surface area contributed by atoms with Crippen LogP contribution in [0.4, 0.5) is 5.69 Å². The number of aromatic nitrogens is 4. The lowest BCUT2D eigenvalue weighted by atomic mass is 9.99. The summed E-state index contributed by atoms with van der Waals surface area (Å²) in [7, 11) is 0. The van der Waals surface area contributed by atoms with Crippen molar-refractivity contribution in [3.8, 4) is 11.3 Å². The van der Waals surface area contributed by atoms with E-state index in [1.165, 1.54) is 0 Å². The summed E-state index contributed by atoms with van der Waals surface area (Å²) in [5, 5.41) is 20.5. The van der Waals surface area contributed by atoms with E-state index in [1.807, 2.05) is 26.0 Å². The molecule has 36 heavy (non-hydrogen) atoms. The van der Waals surface area contributed by atoms with Gasteiger partial charge in [0.1, 0.15) is 22.2 Å². The first-order valence-electron chi connectivity index (χ1n) is 11.1. The Morgan fingerprint density at radius 3 is 2.89 bits per heavy atom. The maximum atomic E-state index is 13.5. The Kier molecular flexibility index (Phi) is 5.81. The quantitative estimate of drug-likeness (QED) is 0.105. The molecule has 0 spiro atoms. The lowest BCUT2D eigenvalue weighted by Crippen LogP contribution is -2.19. The van der Waals surface area contributed by atoms with E-state index in [4.69, 9.17) is 21.8 Å². The topological polar surface area (TPSA) is 144 Å². The molecule has 1 aromatic carbocycles. The number of pyridine rings is 1. The van der Waals surface area contributed by atoms with E-state index in [0.717, 1.165) is 11.1 Å². The molecule has 4 heterocycles. The number of nitrogens with one attached hydrogen (secondary N) is 1. The average molecular weight is 504 g/mol. The van der Waals surface area contributed by atoms with Crippen molar-refractivity contribution in [3.63, 3.8) is 0 Å². The molecule has 0 amide bonds. The molecular formula is C25H22ClN7O3. The molecule has 4 aromatic heterocycles. The predicted molar refractivity (Wildman–Crippen MR) is 138 cm³/mol. The Morgan fingerprint density at radius 2 is 2.11 bits per heavy atom. The average Bonchev–Trinajstić information content (AvgIpc) is 3.30. The molecule has 0 saturated carbocycles. The van der Waals surface area contributed by atoms with Crippen molar-refractivity contribution in [2.45, 2.75) is 26.8 Å². The Hall–Kier alpha value is -4.44. The molecule has 0 radical (unpaired) electrons. The molecule has 0 fully saturated rings. The van der Waals surface area contributed by atoms with Gasteiger partial charge < -0.3 is 20.7 Å². The summed E-state index contributed by atoms with van der Waals surface area (Å²) in [4.78, 5) is 22.0. The van der Waals surface area contributed by atoms with Gasteiger partial charge in [-0.05, 0) is 50.6 Å². The number of oxime groups is 1. The summed E-state index contributed by atoms with van der Waals surface area (Å²) < 4.78 is 8.06. The molecule has 5 aromatic rings. The first-order valence-corrected chi connectivity index (χ1v) is 11.4. The third-order valence-corrected chi connectivity index (χ3v) is 6.18. The summed E-state index contributed by atoms with van der Waals surface area (Å²) in [6, 6.07) is 8.46. The molecule has 0 saturated heterocycles. The molecule has 0 aliphatic carbocycles. The number of fused-ring (bicyclic) bond motifs is 2. The highest BCUT2D eigenvalue weighted by atomic mass is 35.5. The first-order chi connectivity index (χ1) is 17.3. The van der Waals surface area contributed by atoms with Crippen molar-refractivity contribution in [2.75, 3.05) is 5.32 Å². The van der Waals surface area contributed by atoms with Crippen LogP contribution < -0.4 is 16.5 Å². The van der Waals surface area contributed by atoms with Crippen LogP contribution in [0.5, 0.6) is 0 Å². The third kappa shape index (κ3) is 3.91. The van der Waals surface area contributed by atoms with Crippen LogP contribution in [0.1, 0.15) is 35.3 Å². The number of amidine groups is 1. The van der Waals surface area contributed by atoms with Crippen molar-refractivity contribution in [1.29, 1.82) is 0 Å². The minimum atomic E-state index is -0.360. The Balaban J connectivity index is 1.69. The Labute approximate surface area is 210 Å². The fraction of sp³-hybridized carbons (Fsp3) is 0.160. The highest BCUT2D eigenvalue weighted by molar-refractivity contribution is 6.29. The smallest absolute Gasteiger partial charge is 0.196 e. The van der Waals surface area contributed by atoms with Crippen LogP contribution in [0, 0.1) is 13.8 Å². The van der Waals surface area contributed by atoms with E-state index < -0.39 is 0 Å². The molecule has 0 aliphatic rings. The van der Waals surface area contributed by atoms with Crippen LogP contribution in [0.15, 0.2) is 63.3 Å². The summed E-state index contributed by atoms with van der Waals surface area (Å²) in [5.41, 5.74) is 10.1. The Bertz CT molecular complexity index is 1720. The number of anilines is 1. The highest BCUT2D eigenvalue weighted by Gasteiger charge is 2.22. The van der Waals surface area contributed by atoms with Crippen molar-refractivity contribution < 1.29 is 9.62 Å². The number of hydrogen-bond acceptors (Lipinski definition) is 8. The van der Waals surface area contributed by atoms with E-state index in [-0.39, 0.29) is 28.2 Å². The molecule has 4 N–H and O–H groups in total. The molecule has 10 nitrogen and oxygen atoms in total. The van der Waals surface area contributed by atoms with Crippen LogP contribution in [-0.4, -0.2) is 30.6 Å². The number of aryl methyl sites for hydroxylation is 1. The van der Waals surface area contributed by atoms with Crippen LogP contribution in [0.25, 0.3) is 27.9 Å². The SMILES string of the molecule is Cc1cc([C@@H](C)Nc2ccc(Cl)nc2C(N)=NO)c2oc(-c3cnn4cccnc34)c(C)c(=O)c2c1. The fourth-order valence-corrected chi connectivity index (χ4v) is 4.39. The largest absolute Gasteiger partial charge is 0.455 e. The molecule has 11 heteroatoms. The monoisotopic (exact) mass is 503 g/mol. The van der Waals surface area contributed by atoms with Gasteiger partial charge in [-0.1, -0.05) is 22.8 Å². The Morgan fingerprint density at radius 1 is 1.31 bits per heavy atom. The maximum absolute atomic E-state index is 13.5. The zero-order chi connectivity index (χ0) is 25.6. The normalized spacial score (nSPS) is 12.8. The van der Waals surface area contributed by atoms with E-state index in [1.54, 1.807) is 48.2 Å². The van der Waals surface area contributed by atoms with E-state index in [0.29, 0.717) is 39.2 Å². The van der Waals surface area contributed by atoms with Crippen molar-refractivity contribution >= 4 is 39.7 Å². The lowest BCUT2D eigenvalue weighted by Gasteiger charge is -2.20. The van der Waals surface area contributed by atoms with Gasteiger partial charge in [-0.3, -0.25) is 4.79 Å². The summed E-state index contributed by atoms with van der Waals surface area (Å²) >= 11 is 6.02. The first kappa shape index (κ1) is 23.3. The molecule has 0 aliphatic heterocycles. The highest BCUT2D eigenvalue weighted by Crippen LogP contribution is 2.33. The molecule has 1 atom stereocenters. The molecule has 0 bridgehead atoms. The second-order valence-corrected chi connectivity index (χ2v) is 8.83. The second-order valence-electron chi connectivity index (χ2n) is 8.44. The van der Waals surface area contributed by atoms with Crippen molar-refractivity contribution in [2.24, 2.45) is 10.9 Å². The zero-order valence-corrected chi connectivity index (χ0v) is 20.4. The number of nitrogens with zero attached hydrogens (tertiary/aromatic N) is 5. The van der Waals surface area contributed by atoms with Crippen molar-refractivity contribution in [1.82, 2.24) is 19.6 Å². The van der Waals surface area contributed by atoms with Crippen LogP contribution in [0.2, 0.25) is 5.15 Å². The summed E-state index contributed by atoms with van der Waals surface area (Å²) in [6.45, 7) is 5.56. The van der Waals surface area contributed by atoms with Gasteiger partial charge in [-0.2, -0.15) is 5.10 Å². The van der Waals surface area contributed by atoms with Gasteiger partial charge in [0.15, 0.2) is 16.9 Å². The standard InChI is InChI=1S/C25H22ClN7O3/c1-12-9-15(14(3)30-18-5-6-19(26)31-20(18)24(27)32-35)23-16(10-12)21(34)13(2)22(36-23)17-11-29-33-8-4-7-28-25(17)33/h4-11,14,30,35H,1-3H3,(H2,27,32)/t14-/m1/s1. The number of halogens is 1. The number of benzene rings is 1. The van der Waals surface area contributed by atoms with Gasteiger partial charge in [0, 0.05) is 23.5 Å². The summed E-state index contributed by atoms with van der Waals surface area (Å²) in [6.07, 6.45) is 5.08. The van der Waals surface area contributed by atoms with Gasteiger partial charge in [-0.15, -0.1) is 0 Å². The molecule has 182 valence electrons. The van der Waals surface area contributed by atoms with Gasteiger partial charge in [0.25, 0.3) is 0 Å². The van der Waals surface area contributed by atoms with Crippen molar-refractivity contribution in [3.05, 3.63) is 86.7 Å². The van der Waals surface area contributed by atoms with Gasteiger partial charge in [0.05, 0.1) is 28.9 Å². The van der Waals surface area contributed by atoms with E-state index in [2.05, 4.69) is 25.5 Å². The summed E-state index contributed by atoms with van der Waals surface area (Å²) in [5.74, 6) is 0.218. The third-order valence-electron chi connectivity index (χ3n) is 5.97. The number of hydrogen-bond donors (Lipinski definition) is 3. The minimum Gasteiger partial charge on any atom is -0.455 e. The fourth-order valence-electron chi connectivity index (χ4n) is 4.24. The van der Waals surface area contributed by atoms with Crippen LogP contribution >= 0.6 is 11.6 Å². The maximum Gasteiger partial charge on any atom is 0.196 e. The van der Waals surface area contributed by atoms with Gasteiger partial charge in [0.2, 0.25) is 0 Å². The molecular weight excluding hydrogens is 482 g/mol. The molecule has 5 rings (SSSR count). The van der Waals surface area contributed by atoms with Gasteiger partial charge in [-0.25, -0.2) is 14.5 Å². The number of rotatable bonds is 5. The van der Waals surface area contributed by atoms with E-state index >= 15 is 0 Å². The predicted octanol–water partition coefficient (Wildman–Crippen LogP) is 4.44. The van der Waals surface area contributed by atoms with E-state index in [9.17, 15) is 10.0 Å². The lowest BCUT2D eigenvalue weighted by molar-refractivity contribution is 0.318. The zero-order valence-electron chi connectivity index (χ0n) is 19.7. The molecule has 0 unspecified atom stereocenters. The van der Waals surface area contributed by atoms with Crippen LogP contribution in [0.3, 0.4) is 0 Å².